The highest BCUT2D eigenvalue weighted by atomic mass is 127. The molecule has 0 fully saturated rings. The van der Waals surface area contributed by atoms with Gasteiger partial charge in [-0.2, -0.15) is 13.2 Å². The molecule has 0 saturated carbocycles. The summed E-state index contributed by atoms with van der Waals surface area (Å²) in [6.07, 6.45) is -5.14. The van der Waals surface area contributed by atoms with Gasteiger partial charge in [-0.15, -0.1) is 0 Å². The standard InChI is InChI=1S/C9H8F3IO3/c10-9(11,12)8(14,15)5-16-7-3-1-6(13)2-4-7/h1-4,14-15H,5H2. The molecule has 1 rings (SSSR count). The molecule has 0 heterocycles. The van der Waals surface area contributed by atoms with Crippen LogP contribution in [0.25, 0.3) is 0 Å². The minimum absolute atomic E-state index is 0.136. The molecule has 7 heteroatoms. The first kappa shape index (κ1) is 13.5. The van der Waals surface area contributed by atoms with E-state index in [1.807, 2.05) is 22.6 Å². The first-order valence-electron chi connectivity index (χ1n) is 4.12. The number of rotatable bonds is 3. The van der Waals surface area contributed by atoms with Crippen LogP contribution in [0.3, 0.4) is 0 Å². The van der Waals surface area contributed by atoms with Crippen molar-refractivity contribution in [1.82, 2.24) is 0 Å². The number of halogens is 4. The van der Waals surface area contributed by atoms with Crippen LogP contribution in [0.2, 0.25) is 0 Å². The SMILES string of the molecule is OC(O)(COc1ccc(I)cc1)C(F)(F)F. The monoisotopic (exact) mass is 348 g/mol. The average molecular weight is 348 g/mol. The molecule has 0 saturated heterocycles. The summed E-state index contributed by atoms with van der Waals surface area (Å²) in [5, 5.41) is 17.3. The fourth-order valence-electron chi connectivity index (χ4n) is 0.797. The molecule has 0 amide bonds. The van der Waals surface area contributed by atoms with Crippen LogP contribution in [-0.4, -0.2) is 28.8 Å². The van der Waals surface area contributed by atoms with Crippen molar-refractivity contribution in [2.24, 2.45) is 0 Å². The molecule has 0 atom stereocenters. The lowest BCUT2D eigenvalue weighted by molar-refractivity contribution is -0.355. The first-order valence-corrected chi connectivity index (χ1v) is 5.20. The third kappa shape index (κ3) is 3.49. The maximum absolute atomic E-state index is 12.0. The van der Waals surface area contributed by atoms with Gasteiger partial charge in [0.2, 0.25) is 0 Å². The Morgan fingerprint density at radius 3 is 2.06 bits per heavy atom. The minimum Gasteiger partial charge on any atom is -0.488 e. The first-order chi connectivity index (χ1) is 7.22. The second-order valence-corrected chi connectivity index (χ2v) is 4.30. The summed E-state index contributed by atoms with van der Waals surface area (Å²) in [6.45, 7) is -1.27. The molecule has 90 valence electrons. The van der Waals surface area contributed by atoms with Crippen molar-refractivity contribution in [2.75, 3.05) is 6.61 Å². The smallest absolute Gasteiger partial charge is 0.446 e. The number of ether oxygens (including phenoxy) is 1. The maximum Gasteiger partial charge on any atom is 0.446 e. The molecule has 3 nitrogen and oxygen atoms in total. The Labute approximate surface area is 103 Å². The van der Waals surface area contributed by atoms with E-state index in [0.29, 0.717) is 0 Å². The van der Waals surface area contributed by atoms with Crippen LogP contribution in [0.4, 0.5) is 13.2 Å². The number of benzene rings is 1. The molecule has 0 aromatic heterocycles. The van der Waals surface area contributed by atoms with Crippen molar-refractivity contribution in [1.29, 1.82) is 0 Å². The molecule has 0 aliphatic heterocycles. The highest BCUT2D eigenvalue weighted by molar-refractivity contribution is 14.1. The lowest BCUT2D eigenvalue weighted by atomic mass is 10.3. The molecule has 0 radical (unpaired) electrons. The Bertz CT molecular complexity index is 348. The summed E-state index contributed by atoms with van der Waals surface area (Å²) < 4.78 is 41.6. The van der Waals surface area contributed by atoms with E-state index in [2.05, 4.69) is 4.74 Å². The zero-order chi connectivity index (χ0) is 12.4. The van der Waals surface area contributed by atoms with Crippen LogP contribution in [0.15, 0.2) is 24.3 Å². The Kier molecular flexibility index (Phi) is 4.02. The normalized spacial score (nSPS) is 12.6. The summed E-state index contributed by atoms with van der Waals surface area (Å²) in [4.78, 5) is 0. The van der Waals surface area contributed by atoms with Gasteiger partial charge in [-0.3, -0.25) is 0 Å². The fraction of sp³-hybridized carbons (Fsp3) is 0.333. The van der Waals surface area contributed by atoms with Gasteiger partial charge in [0.15, 0.2) is 6.61 Å². The molecule has 0 aliphatic rings. The summed E-state index contributed by atoms with van der Waals surface area (Å²) in [7, 11) is 0. The molecule has 0 unspecified atom stereocenters. The summed E-state index contributed by atoms with van der Waals surface area (Å²) in [5.41, 5.74) is 0. The van der Waals surface area contributed by atoms with Crippen molar-refractivity contribution in [2.45, 2.75) is 12.0 Å². The lowest BCUT2D eigenvalue weighted by Crippen LogP contribution is -2.49. The van der Waals surface area contributed by atoms with Gasteiger partial charge < -0.3 is 14.9 Å². The van der Waals surface area contributed by atoms with E-state index in [-0.39, 0.29) is 5.75 Å². The van der Waals surface area contributed by atoms with Crippen LogP contribution >= 0.6 is 22.6 Å². The summed E-state index contributed by atoms with van der Waals surface area (Å²) >= 11 is 2.02. The van der Waals surface area contributed by atoms with Gasteiger partial charge in [-0.1, -0.05) is 0 Å². The van der Waals surface area contributed by atoms with Crippen molar-refractivity contribution >= 4 is 22.6 Å². The van der Waals surface area contributed by atoms with E-state index >= 15 is 0 Å². The topological polar surface area (TPSA) is 49.7 Å². The van der Waals surface area contributed by atoms with Crippen molar-refractivity contribution < 1.29 is 28.1 Å². The Morgan fingerprint density at radius 1 is 1.12 bits per heavy atom. The van der Waals surface area contributed by atoms with Gasteiger partial charge in [0, 0.05) is 3.57 Å². The highest BCUT2D eigenvalue weighted by Gasteiger charge is 2.53. The molecular formula is C9H8F3IO3. The van der Waals surface area contributed by atoms with Crippen molar-refractivity contribution in [3.63, 3.8) is 0 Å². The highest BCUT2D eigenvalue weighted by Crippen LogP contribution is 2.28. The number of hydrogen-bond donors (Lipinski definition) is 2. The predicted octanol–water partition coefficient (Wildman–Crippen LogP) is 1.91. The third-order valence-electron chi connectivity index (χ3n) is 1.71. The molecular weight excluding hydrogens is 340 g/mol. The van der Waals surface area contributed by atoms with Crippen LogP contribution in [0.5, 0.6) is 5.75 Å². The van der Waals surface area contributed by atoms with Gasteiger partial charge in [0.05, 0.1) is 0 Å². The molecule has 0 spiro atoms. The molecule has 16 heavy (non-hydrogen) atoms. The van der Waals surface area contributed by atoms with Crippen molar-refractivity contribution in [3.8, 4) is 5.75 Å². The maximum atomic E-state index is 12.0. The second-order valence-electron chi connectivity index (χ2n) is 3.06. The Morgan fingerprint density at radius 2 is 1.62 bits per heavy atom. The zero-order valence-corrected chi connectivity index (χ0v) is 9.99. The predicted molar refractivity (Wildman–Crippen MR) is 57.9 cm³/mol. The quantitative estimate of drug-likeness (QED) is 0.648. The molecule has 1 aromatic rings. The van der Waals surface area contributed by atoms with Gasteiger partial charge in [-0.05, 0) is 46.9 Å². The average Bonchev–Trinajstić information content (AvgIpc) is 2.15. The van der Waals surface area contributed by atoms with E-state index in [0.717, 1.165) is 3.57 Å². The van der Waals surface area contributed by atoms with Crippen LogP contribution in [0, 0.1) is 3.57 Å². The van der Waals surface area contributed by atoms with Crippen LogP contribution in [0.1, 0.15) is 0 Å². The third-order valence-corrected chi connectivity index (χ3v) is 2.43. The molecule has 2 N–H and O–H groups in total. The Hall–Kier alpha value is -0.540. The van der Waals surface area contributed by atoms with Crippen LogP contribution in [-0.2, 0) is 0 Å². The Balaban J connectivity index is 2.61. The summed E-state index contributed by atoms with van der Waals surface area (Å²) in [5.74, 6) is -3.70. The lowest BCUT2D eigenvalue weighted by Gasteiger charge is -2.24. The summed E-state index contributed by atoms with van der Waals surface area (Å²) in [6, 6.07) is 6.13. The number of aliphatic hydroxyl groups is 2. The van der Waals surface area contributed by atoms with Gasteiger partial charge in [-0.25, -0.2) is 0 Å². The van der Waals surface area contributed by atoms with Gasteiger partial charge in [0.25, 0.3) is 5.79 Å². The van der Waals surface area contributed by atoms with E-state index in [1.165, 1.54) is 12.1 Å². The molecule has 0 bridgehead atoms. The molecule has 1 aromatic carbocycles. The zero-order valence-electron chi connectivity index (χ0n) is 7.83. The number of hydrogen-bond acceptors (Lipinski definition) is 3. The second kappa shape index (κ2) is 4.76. The van der Waals surface area contributed by atoms with Gasteiger partial charge in [0.1, 0.15) is 5.75 Å². The molecule has 0 aliphatic carbocycles. The van der Waals surface area contributed by atoms with Crippen LogP contribution < -0.4 is 4.74 Å². The largest absolute Gasteiger partial charge is 0.488 e. The van der Waals surface area contributed by atoms with E-state index in [4.69, 9.17) is 10.2 Å². The fourth-order valence-corrected chi connectivity index (χ4v) is 1.16. The van der Waals surface area contributed by atoms with Gasteiger partial charge >= 0.3 is 6.18 Å². The van der Waals surface area contributed by atoms with Crippen molar-refractivity contribution in [3.05, 3.63) is 27.8 Å². The number of alkyl halides is 3. The van der Waals surface area contributed by atoms with E-state index in [9.17, 15) is 13.2 Å². The van der Waals surface area contributed by atoms with E-state index in [1.54, 1.807) is 12.1 Å². The minimum atomic E-state index is -5.14. The van der Waals surface area contributed by atoms with E-state index < -0.39 is 18.6 Å².